The molecule has 0 aliphatic rings. The van der Waals surface area contributed by atoms with Crippen molar-refractivity contribution < 1.29 is 22.9 Å². The van der Waals surface area contributed by atoms with Gasteiger partial charge < -0.3 is 10.6 Å². The zero-order valence-corrected chi connectivity index (χ0v) is 20.8. The van der Waals surface area contributed by atoms with E-state index in [0.29, 0.717) is 0 Å². The molecule has 0 saturated carbocycles. The maximum absolute atomic E-state index is 13.4. The molecule has 0 unspecified atom stereocenters. The topological polar surface area (TPSA) is 139 Å². The molecule has 0 aromatic heterocycles. The maximum atomic E-state index is 13.4. The number of sulfonamides is 1. The molecular formula is C25H26N4O6S. The van der Waals surface area contributed by atoms with Crippen LogP contribution in [0, 0.1) is 10.1 Å². The number of para-hydroxylation sites is 1. The molecule has 0 bridgehead atoms. The number of amides is 2. The lowest BCUT2D eigenvalue weighted by atomic mass is 10.1. The first-order valence-corrected chi connectivity index (χ1v) is 12.4. The van der Waals surface area contributed by atoms with Gasteiger partial charge in [0.25, 0.3) is 21.6 Å². The summed E-state index contributed by atoms with van der Waals surface area (Å²) in [5, 5.41) is 16.7. The average molecular weight is 511 g/mol. The quantitative estimate of drug-likeness (QED) is 0.347. The number of hydrogen-bond donors (Lipinski definition) is 2. The maximum Gasteiger partial charge on any atom is 0.271 e. The first kappa shape index (κ1) is 26.4. The Morgan fingerprint density at radius 2 is 1.58 bits per heavy atom. The number of hydrogen-bond acceptors (Lipinski definition) is 6. The Morgan fingerprint density at radius 1 is 0.944 bits per heavy atom. The molecule has 11 heteroatoms. The second-order valence-corrected chi connectivity index (χ2v) is 10.8. The van der Waals surface area contributed by atoms with E-state index in [1.165, 1.54) is 54.6 Å². The van der Waals surface area contributed by atoms with Crippen LogP contribution in [0.3, 0.4) is 0 Å². The van der Waals surface area contributed by atoms with Crippen LogP contribution >= 0.6 is 0 Å². The summed E-state index contributed by atoms with van der Waals surface area (Å²) in [5.74, 6) is -1.15. The van der Waals surface area contributed by atoms with Crippen LogP contribution in [0.5, 0.6) is 0 Å². The third kappa shape index (κ3) is 6.45. The summed E-state index contributed by atoms with van der Waals surface area (Å²) in [4.78, 5) is 36.3. The van der Waals surface area contributed by atoms with Gasteiger partial charge in [-0.2, -0.15) is 0 Å². The van der Waals surface area contributed by atoms with Gasteiger partial charge in [-0.25, -0.2) is 8.42 Å². The molecule has 188 valence electrons. The molecule has 0 aliphatic heterocycles. The summed E-state index contributed by atoms with van der Waals surface area (Å²) in [6.45, 7) is 4.76. The highest BCUT2D eigenvalue weighted by Crippen LogP contribution is 2.27. The van der Waals surface area contributed by atoms with Gasteiger partial charge in [0.1, 0.15) is 6.54 Å². The van der Waals surface area contributed by atoms with Crippen LogP contribution < -0.4 is 14.9 Å². The van der Waals surface area contributed by atoms with Gasteiger partial charge in [0.05, 0.1) is 26.8 Å². The van der Waals surface area contributed by atoms with Crippen molar-refractivity contribution in [1.82, 2.24) is 5.32 Å². The minimum Gasteiger partial charge on any atom is -0.347 e. The summed E-state index contributed by atoms with van der Waals surface area (Å²) in [6.07, 6.45) is 0. The molecule has 2 amide bonds. The third-order valence-electron chi connectivity index (χ3n) is 4.88. The molecule has 36 heavy (non-hydrogen) atoms. The van der Waals surface area contributed by atoms with E-state index in [1.807, 2.05) is 20.8 Å². The molecule has 10 nitrogen and oxygen atoms in total. The van der Waals surface area contributed by atoms with Gasteiger partial charge in [-0.15, -0.1) is 0 Å². The standard InChI is InChI=1S/C25H26N4O6S/c1-25(2,3)27-24(31)21-14-7-8-15-22(21)26-23(30)17-28(18-10-9-11-19(16-18)29(32)33)36(34,35)20-12-5-4-6-13-20/h4-16H,17H2,1-3H3,(H,26,30)(H,27,31). The molecule has 0 spiro atoms. The number of carbonyl (C=O) groups is 2. The fourth-order valence-corrected chi connectivity index (χ4v) is 4.75. The van der Waals surface area contributed by atoms with Gasteiger partial charge >= 0.3 is 0 Å². The van der Waals surface area contributed by atoms with Crippen molar-refractivity contribution in [3.63, 3.8) is 0 Å². The normalized spacial score (nSPS) is 11.4. The van der Waals surface area contributed by atoms with E-state index in [4.69, 9.17) is 0 Å². The first-order valence-electron chi connectivity index (χ1n) is 10.9. The zero-order valence-electron chi connectivity index (χ0n) is 20.0. The highest BCUT2D eigenvalue weighted by molar-refractivity contribution is 7.92. The van der Waals surface area contributed by atoms with Gasteiger partial charge in [0.15, 0.2) is 0 Å². The SMILES string of the molecule is CC(C)(C)NC(=O)c1ccccc1NC(=O)CN(c1cccc([N+](=O)[O-])c1)S(=O)(=O)c1ccccc1. The summed E-state index contributed by atoms with van der Waals surface area (Å²) < 4.78 is 27.7. The molecule has 3 aromatic carbocycles. The Hall–Kier alpha value is -4.25. The predicted octanol–water partition coefficient (Wildman–Crippen LogP) is 3.96. The molecule has 0 saturated heterocycles. The second-order valence-electron chi connectivity index (χ2n) is 8.90. The average Bonchev–Trinajstić information content (AvgIpc) is 2.82. The summed E-state index contributed by atoms with van der Waals surface area (Å²) >= 11 is 0. The molecule has 0 aliphatic carbocycles. The zero-order chi connectivity index (χ0) is 26.5. The third-order valence-corrected chi connectivity index (χ3v) is 6.67. The molecule has 0 radical (unpaired) electrons. The van der Waals surface area contributed by atoms with E-state index >= 15 is 0 Å². The van der Waals surface area contributed by atoms with E-state index < -0.39 is 38.8 Å². The Balaban J connectivity index is 1.96. The van der Waals surface area contributed by atoms with Crippen LogP contribution in [-0.4, -0.2) is 37.2 Å². The van der Waals surface area contributed by atoms with Crippen molar-refractivity contribution in [1.29, 1.82) is 0 Å². The molecular weight excluding hydrogens is 484 g/mol. The number of carbonyl (C=O) groups excluding carboxylic acids is 2. The number of rotatable bonds is 8. The molecule has 0 heterocycles. The van der Waals surface area contributed by atoms with E-state index in [9.17, 15) is 28.1 Å². The monoisotopic (exact) mass is 510 g/mol. The van der Waals surface area contributed by atoms with Crippen molar-refractivity contribution in [2.75, 3.05) is 16.2 Å². The number of benzene rings is 3. The fraction of sp³-hybridized carbons (Fsp3) is 0.200. The fourth-order valence-electron chi connectivity index (χ4n) is 3.31. The number of nitrogens with one attached hydrogen (secondary N) is 2. The van der Waals surface area contributed by atoms with Crippen molar-refractivity contribution >= 4 is 38.9 Å². The van der Waals surface area contributed by atoms with E-state index in [2.05, 4.69) is 10.6 Å². The number of nitrogens with zero attached hydrogens (tertiary/aromatic N) is 2. The smallest absolute Gasteiger partial charge is 0.271 e. The lowest BCUT2D eigenvalue weighted by molar-refractivity contribution is -0.384. The van der Waals surface area contributed by atoms with Gasteiger partial charge in [-0.05, 0) is 51.1 Å². The second kappa shape index (κ2) is 10.6. The van der Waals surface area contributed by atoms with E-state index in [0.717, 1.165) is 10.4 Å². The first-order chi connectivity index (χ1) is 16.9. The van der Waals surface area contributed by atoms with Gasteiger partial charge in [-0.1, -0.05) is 36.4 Å². The van der Waals surface area contributed by atoms with Gasteiger partial charge in [-0.3, -0.25) is 24.0 Å². The Bertz CT molecular complexity index is 1380. The Kier molecular flexibility index (Phi) is 7.74. The Labute approximate surface area is 209 Å². The molecule has 2 N–H and O–H groups in total. The van der Waals surface area contributed by atoms with Crippen LogP contribution in [-0.2, 0) is 14.8 Å². The summed E-state index contributed by atoms with van der Waals surface area (Å²) in [7, 11) is -4.26. The molecule has 3 rings (SSSR count). The number of anilines is 2. The van der Waals surface area contributed by atoms with Crippen LogP contribution in [0.15, 0.2) is 83.8 Å². The number of non-ortho nitro benzene ring substituents is 1. The lowest BCUT2D eigenvalue weighted by Crippen LogP contribution is -2.41. The highest BCUT2D eigenvalue weighted by Gasteiger charge is 2.29. The Morgan fingerprint density at radius 3 is 2.22 bits per heavy atom. The minimum atomic E-state index is -4.26. The van der Waals surface area contributed by atoms with Crippen molar-refractivity contribution in [2.45, 2.75) is 31.2 Å². The van der Waals surface area contributed by atoms with Crippen LogP contribution in [0.2, 0.25) is 0 Å². The van der Waals surface area contributed by atoms with Gasteiger partial charge in [0, 0.05) is 17.7 Å². The molecule has 3 aromatic rings. The summed E-state index contributed by atoms with van der Waals surface area (Å²) in [5.41, 5.74) is -0.502. The number of nitro benzene ring substituents is 1. The van der Waals surface area contributed by atoms with Crippen LogP contribution in [0.1, 0.15) is 31.1 Å². The van der Waals surface area contributed by atoms with E-state index in [-0.39, 0.29) is 27.5 Å². The molecule has 0 atom stereocenters. The van der Waals surface area contributed by atoms with Crippen molar-refractivity contribution in [3.05, 3.63) is 94.5 Å². The highest BCUT2D eigenvalue weighted by atomic mass is 32.2. The van der Waals surface area contributed by atoms with Crippen LogP contribution in [0.25, 0.3) is 0 Å². The largest absolute Gasteiger partial charge is 0.347 e. The summed E-state index contributed by atoms with van der Waals surface area (Å²) in [6, 6.07) is 18.8. The van der Waals surface area contributed by atoms with Crippen LogP contribution in [0.4, 0.5) is 17.1 Å². The minimum absolute atomic E-state index is 0.0537. The predicted molar refractivity (Wildman–Crippen MR) is 136 cm³/mol. The van der Waals surface area contributed by atoms with Crippen molar-refractivity contribution in [2.24, 2.45) is 0 Å². The lowest BCUT2D eigenvalue weighted by Gasteiger charge is -2.24. The number of nitro groups is 1. The van der Waals surface area contributed by atoms with Gasteiger partial charge in [0.2, 0.25) is 5.91 Å². The van der Waals surface area contributed by atoms with E-state index in [1.54, 1.807) is 18.2 Å². The van der Waals surface area contributed by atoms with Crippen molar-refractivity contribution in [3.8, 4) is 0 Å². The molecule has 0 fully saturated rings.